The van der Waals surface area contributed by atoms with Gasteiger partial charge >= 0.3 is 0 Å². The Morgan fingerprint density at radius 2 is 1.76 bits per heavy atom. The van der Waals surface area contributed by atoms with Gasteiger partial charge < -0.3 is 24.3 Å². The Bertz CT molecular complexity index is 1170. The number of nitrogens with one attached hydrogen (secondary N) is 1. The minimum absolute atomic E-state index is 0.0657. The second-order valence-corrected chi connectivity index (χ2v) is 8.68. The highest BCUT2D eigenvalue weighted by Crippen LogP contribution is 2.37. The van der Waals surface area contributed by atoms with Crippen LogP contribution in [0.1, 0.15) is 36.2 Å². The molecule has 2 aromatic carbocycles. The van der Waals surface area contributed by atoms with Crippen LogP contribution in [0.15, 0.2) is 42.6 Å². The molecule has 2 heterocycles. The number of fused-ring (bicyclic) bond motifs is 1. The molecule has 1 saturated heterocycles. The van der Waals surface area contributed by atoms with Crippen molar-refractivity contribution in [3.8, 4) is 11.5 Å². The minimum atomic E-state index is -0.131. The zero-order chi connectivity index (χ0) is 24.1. The summed E-state index contributed by atoms with van der Waals surface area (Å²) < 4.78 is 11.4. The number of aromatic amines is 1. The molecule has 180 valence electrons. The Morgan fingerprint density at radius 1 is 1.03 bits per heavy atom. The molecule has 0 saturated carbocycles. The van der Waals surface area contributed by atoms with Gasteiger partial charge in [-0.05, 0) is 37.1 Å². The number of ether oxygens (including phenoxy) is 2. The molecule has 0 radical (unpaired) electrons. The average molecular weight is 484 g/mol. The minimum Gasteiger partial charge on any atom is -0.490 e. The van der Waals surface area contributed by atoms with Crippen molar-refractivity contribution in [2.24, 2.45) is 0 Å². The molecule has 0 atom stereocenters. The molecule has 8 heteroatoms. The number of H-pyrrole nitrogens is 1. The van der Waals surface area contributed by atoms with Gasteiger partial charge in [0, 0.05) is 48.8 Å². The molecule has 0 aliphatic carbocycles. The van der Waals surface area contributed by atoms with Gasteiger partial charge in [-0.3, -0.25) is 9.59 Å². The predicted molar refractivity (Wildman–Crippen MR) is 133 cm³/mol. The predicted octanol–water partition coefficient (Wildman–Crippen LogP) is 4.54. The van der Waals surface area contributed by atoms with E-state index in [1.807, 2.05) is 49.2 Å². The van der Waals surface area contributed by atoms with E-state index in [4.69, 9.17) is 21.1 Å². The van der Waals surface area contributed by atoms with Crippen molar-refractivity contribution in [3.63, 3.8) is 0 Å². The largest absolute Gasteiger partial charge is 0.490 e. The number of para-hydroxylation sites is 1. The third-order valence-electron chi connectivity index (χ3n) is 5.94. The van der Waals surface area contributed by atoms with Crippen molar-refractivity contribution in [2.75, 3.05) is 39.4 Å². The molecule has 34 heavy (non-hydrogen) atoms. The second-order valence-electron chi connectivity index (χ2n) is 8.28. The first-order chi connectivity index (χ1) is 16.5. The Morgan fingerprint density at radius 3 is 2.50 bits per heavy atom. The van der Waals surface area contributed by atoms with Crippen LogP contribution in [0.5, 0.6) is 11.5 Å². The molecule has 4 rings (SSSR count). The molecular formula is C26H30ClN3O4. The number of carbonyl (C=O) groups is 2. The van der Waals surface area contributed by atoms with Crippen LogP contribution in [-0.4, -0.2) is 66.0 Å². The smallest absolute Gasteiger partial charge is 0.254 e. The third-order valence-corrected chi connectivity index (χ3v) is 6.22. The number of amides is 2. The van der Waals surface area contributed by atoms with Crippen LogP contribution in [0.25, 0.3) is 10.9 Å². The van der Waals surface area contributed by atoms with Crippen LogP contribution < -0.4 is 9.47 Å². The van der Waals surface area contributed by atoms with Gasteiger partial charge in [0.1, 0.15) is 0 Å². The summed E-state index contributed by atoms with van der Waals surface area (Å²) >= 11 is 6.43. The average Bonchev–Trinajstić information content (AvgIpc) is 3.26. The molecule has 7 nitrogen and oxygen atoms in total. The van der Waals surface area contributed by atoms with E-state index in [9.17, 15) is 9.59 Å². The second kappa shape index (κ2) is 10.8. The molecular weight excluding hydrogens is 454 g/mol. The molecule has 0 spiro atoms. The Balaban J connectivity index is 1.39. The van der Waals surface area contributed by atoms with Gasteiger partial charge in [-0.1, -0.05) is 36.7 Å². The molecule has 1 aromatic heterocycles. The Labute approximate surface area is 204 Å². The van der Waals surface area contributed by atoms with E-state index in [1.54, 1.807) is 17.0 Å². The highest BCUT2D eigenvalue weighted by Gasteiger charge is 2.26. The zero-order valence-corrected chi connectivity index (χ0v) is 20.4. The number of rotatable bonds is 8. The molecule has 1 N–H and O–H groups in total. The van der Waals surface area contributed by atoms with Gasteiger partial charge in [-0.15, -0.1) is 0 Å². The van der Waals surface area contributed by atoms with Crippen LogP contribution in [-0.2, 0) is 11.2 Å². The van der Waals surface area contributed by atoms with Crippen molar-refractivity contribution < 1.29 is 19.1 Å². The van der Waals surface area contributed by atoms with E-state index < -0.39 is 0 Å². The summed E-state index contributed by atoms with van der Waals surface area (Å²) in [5.74, 6) is 0.874. The maximum atomic E-state index is 13.2. The van der Waals surface area contributed by atoms with Crippen molar-refractivity contribution in [3.05, 3.63) is 58.7 Å². The van der Waals surface area contributed by atoms with E-state index >= 15 is 0 Å². The van der Waals surface area contributed by atoms with Crippen molar-refractivity contribution in [1.29, 1.82) is 0 Å². The van der Waals surface area contributed by atoms with Crippen molar-refractivity contribution in [2.45, 2.75) is 26.7 Å². The van der Waals surface area contributed by atoms with Gasteiger partial charge in [0.15, 0.2) is 11.5 Å². The summed E-state index contributed by atoms with van der Waals surface area (Å²) in [7, 11) is 0. The Kier molecular flexibility index (Phi) is 7.63. The van der Waals surface area contributed by atoms with Crippen LogP contribution in [0.2, 0.25) is 5.02 Å². The lowest BCUT2D eigenvalue weighted by Crippen LogP contribution is -2.51. The highest BCUT2D eigenvalue weighted by atomic mass is 35.5. The molecule has 1 aliphatic heterocycles. The zero-order valence-electron chi connectivity index (χ0n) is 19.6. The molecule has 1 fully saturated rings. The lowest BCUT2D eigenvalue weighted by atomic mass is 10.1. The summed E-state index contributed by atoms with van der Waals surface area (Å²) in [5.41, 5.74) is 2.47. The van der Waals surface area contributed by atoms with Gasteiger partial charge in [-0.2, -0.15) is 0 Å². The standard InChI is InChI=1S/C26H30ClN3O4/c1-3-13-34-25-21(27)14-18(15-23(25)33-4-2)26(32)30-11-9-29(10-12-30)24(31)16-19-17-28-22-8-6-5-7-20(19)22/h5-8,14-15,17,28H,3-4,9-13,16H2,1-2H3. The first-order valence-electron chi connectivity index (χ1n) is 11.7. The van der Waals surface area contributed by atoms with Gasteiger partial charge in [0.2, 0.25) is 5.91 Å². The number of hydrogen-bond donors (Lipinski definition) is 1. The monoisotopic (exact) mass is 483 g/mol. The fourth-order valence-corrected chi connectivity index (χ4v) is 4.46. The number of aromatic nitrogens is 1. The Hall–Kier alpha value is -3.19. The van der Waals surface area contributed by atoms with E-state index in [0.29, 0.717) is 67.9 Å². The fraction of sp³-hybridized carbons (Fsp3) is 0.385. The molecule has 0 unspecified atom stereocenters. The quantitative estimate of drug-likeness (QED) is 0.510. The van der Waals surface area contributed by atoms with E-state index in [1.165, 1.54) is 0 Å². The van der Waals surface area contributed by atoms with Crippen LogP contribution in [0.3, 0.4) is 0 Å². The van der Waals surface area contributed by atoms with Crippen molar-refractivity contribution >= 4 is 34.3 Å². The number of nitrogens with zero attached hydrogens (tertiary/aromatic N) is 2. The first kappa shape index (κ1) is 24.0. The number of piperazine rings is 1. The van der Waals surface area contributed by atoms with Crippen molar-refractivity contribution in [1.82, 2.24) is 14.8 Å². The van der Waals surface area contributed by atoms with E-state index in [2.05, 4.69) is 4.98 Å². The summed E-state index contributed by atoms with van der Waals surface area (Å²) in [6.07, 6.45) is 3.08. The fourth-order valence-electron chi connectivity index (χ4n) is 4.19. The van der Waals surface area contributed by atoms with Gasteiger partial charge in [0.05, 0.1) is 24.7 Å². The summed E-state index contributed by atoms with van der Waals surface area (Å²) in [6, 6.07) is 11.3. The first-order valence-corrected chi connectivity index (χ1v) is 12.1. The topological polar surface area (TPSA) is 74.9 Å². The highest BCUT2D eigenvalue weighted by molar-refractivity contribution is 6.32. The van der Waals surface area contributed by atoms with Crippen LogP contribution in [0, 0.1) is 0 Å². The van der Waals surface area contributed by atoms with Gasteiger partial charge in [0.25, 0.3) is 5.91 Å². The van der Waals surface area contributed by atoms with Crippen LogP contribution >= 0.6 is 11.6 Å². The molecule has 3 aromatic rings. The van der Waals surface area contributed by atoms with E-state index in [0.717, 1.165) is 22.9 Å². The SMILES string of the molecule is CCCOc1c(Cl)cc(C(=O)N2CCN(C(=O)Cc3c[nH]c4ccccc34)CC2)cc1OCC. The number of carbonyl (C=O) groups excluding carboxylic acids is 2. The molecule has 2 amide bonds. The summed E-state index contributed by atoms with van der Waals surface area (Å²) in [6.45, 7) is 6.76. The summed E-state index contributed by atoms with van der Waals surface area (Å²) in [4.78, 5) is 32.9. The third kappa shape index (κ3) is 5.14. The number of benzene rings is 2. The molecule has 0 bridgehead atoms. The van der Waals surface area contributed by atoms with E-state index in [-0.39, 0.29) is 11.8 Å². The van der Waals surface area contributed by atoms with Crippen LogP contribution in [0.4, 0.5) is 0 Å². The maximum Gasteiger partial charge on any atom is 0.254 e. The lowest BCUT2D eigenvalue weighted by molar-refractivity contribution is -0.131. The summed E-state index contributed by atoms with van der Waals surface area (Å²) in [5, 5.41) is 1.42. The maximum absolute atomic E-state index is 13.2. The van der Waals surface area contributed by atoms with Gasteiger partial charge in [-0.25, -0.2) is 0 Å². The number of halogens is 1. The lowest BCUT2D eigenvalue weighted by Gasteiger charge is -2.35. The normalized spacial score (nSPS) is 13.9. The molecule has 1 aliphatic rings. The number of hydrogen-bond acceptors (Lipinski definition) is 4.